The third kappa shape index (κ3) is 1.87. The Hall–Kier alpha value is -0.950. The van der Waals surface area contributed by atoms with Gasteiger partial charge in [0, 0.05) is 15.7 Å². The van der Waals surface area contributed by atoms with E-state index < -0.39 is 0 Å². The lowest BCUT2D eigenvalue weighted by molar-refractivity contribution is 0.466. The number of fused-ring (bicyclic) bond motifs is 3. The maximum absolute atomic E-state index is 4.65. The van der Waals surface area contributed by atoms with Gasteiger partial charge in [0.25, 0.3) is 0 Å². The number of hydrogen-bond donors (Lipinski definition) is 1. The maximum atomic E-state index is 4.65. The molecule has 3 rings (SSSR count). The molecule has 0 bridgehead atoms. The van der Waals surface area contributed by atoms with Gasteiger partial charge in [-0.15, -0.1) is 0 Å². The Labute approximate surface area is 114 Å². The summed E-state index contributed by atoms with van der Waals surface area (Å²) in [7, 11) is 1.97. The molecule has 0 saturated heterocycles. The van der Waals surface area contributed by atoms with Crippen molar-refractivity contribution in [3.8, 4) is 0 Å². The molecule has 2 aliphatic rings. The van der Waals surface area contributed by atoms with Gasteiger partial charge in [-0.05, 0) is 47.8 Å². The van der Waals surface area contributed by atoms with Crippen LogP contribution in [0.1, 0.15) is 5.56 Å². The van der Waals surface area contributed by atoms with Crippen LogP contribution < -0.4 is 5.32 Å². The van der Waals surface area contributed by atoms with Crippen LogP contribution in [0.2, 0.25) is 0 Å². The molecule has 4 nitrogen and oxygen atoms in total. The van der Waals surface area contributed by atoms with Gasteiger partial charge in [0.05, 0.1) is 24.6 Å². The predicted octanol–water partition coefficient (Wildman–Crippen LogP) is 1.61. The van der Waals surface area contributed by atoms with E-state index in [1.54, 1.807) is 0 Å². The zero-order valence-corrected chi connectivity index (χ0v) is 11.7. The molecule has 0 amide bonds. The van der Waals surface area contributed by atoms with Gasteiger partial charge in [-0.1, -0.05) is 0 Å². The number of nitrogens with one attached hydrogen (secondary N) is 1. The summed E-state index contributed by atoms with van der Waals surface area (Å²) in [5.74, 6) is 1.06. The molecular formula is C12H13IN4. The van der Waals surface area contributed by atoms with Crippen LogP contribution in [0.4, 0.5) is 5.69 Å². The average molecular weight is 340 g/mol. The van der Waals surface area contributed by atoms with E-state index in [-0.39, 0.29) is 0 Å². The topological polar surface area (TPSA) is 40.0 Å². The molecule has 1 N–H and O–H groups in total. The fourth-order valence-electron chi connectivity index (χ4n) is 2.23. The zero-order valence-electron chi connectivity index (χ0n) is 9.52. The molecule has 17 heavy (non-hydrogen) atoms. The van der Waals surface area contributed by atoms with E-state index in [4.69, 9.17) is 0 Å². The lowest BCUT2D eigenvalue weighted by Gasteiger charge is -2.26. The number of benzene rings is 1. The Bertz CT molecular complexity index is 509. The first-order valence-electron chi connectivity index (χ1n) is 5.61. The van der Waals surface area contributed by atoms with Crippen molar-refractivity contribution >= 4 is 40.5 Å². The van der Waals surface area contributed by atoms with Crippen LogP contribution in [0.5, 0.6) is 0 Å². The SMILES string of the molecule is CNCC1CN=C2c3cc(I)ccc3N=CN21. The number of likely N-dealkylation sites (N-methyl/N-ethyl adjacent to an activating group) is 1. The molecule has 0 aliphatic carbocycles. The lowest BCUT2D eigenvalue weighted by atomic mass is 10.1. The Morgan fingerprint density at radius 1 is 1.53 bits per heavy atom. The van der Waals surface area contributed by atoms with Crippen molar-refractivity contribution in [3.05, 3.63) is 27.3 Å². The standard InChI is InChI=1S/C12H13IN4/c1-14-5-9-6-15-12-10-4-8(13)2-3-11(10)16-7-17(9)12/h2-4,7,9,14H,5-6H2,1H3. The molecule has 1 aromatic carbocycles. The molecule has 0 saturated carbocycles. The smallest absolute Gasteiger partial charge is 0.138 e. The molecule has 2 aliphatic heterocycles. The minimum absolute atomic E-state index is 0.393. The van der Waals surface area contributed by atoms with Crippen molar-refractivity contribution in [3.63, 3.8) is 0 Å². The number of rotatable bonds is 2. The van der Waals surface area contributed by atoms with Crippen LogP contribution in [-0.4, -0.2) is 43.3 Å². The highest BCUT2D eigenvalue weighted by Crippen LogP contribution is 2.29. The van der Waals surface area contributed by atoms with Crippen LogP contribution in [0.15, 0.2) is 28.2 Å². The van der Waals surface area contributed by atoms with Crippen LogP contribution in [-0.2, 0) is 0 Å². The Kier molecular flexibility index (Phi) is 2.87. The lowest BCUT2D eigenvalue weighted by Crippen LogP contribution is -2.42. The van der Waals surface area contributed by atoms with Crippen LogP contribution in [0, 0.1) is 3.57 Å². The van der Waals surface area contributed by atoms with Crippen molar-refractivity contribution in [1.29, 1.82) is 0 Å². The van der Waals surface area contributed by atoms with Gasteiger partial charge in [-0.2, -0.15) is 0 Å². The summed E-state index contributed by atoms with van der Waals surface area (Å²) in [6.45, 7) is 1.77. The second-order valence-electron chi connectivity index (χ2n) is 4.19. The molecule has 0 fully saturated rings. The maximum Gasteiger partial charge on any atom is 0.138 e. The molecule has 0 aromatic heterocycles. The van der Waals surface area contributed by atoms with Gasteiger partial charge >= 0.3 is 0 Å². The molecule has 1 unspecified atom stereocenters. The largest absolute Gasteiger partial charge is 0.318 e. The van der Waals surface area contributed by atoms with Crippen LogP contribution in [0.3, 0.4) is 0 Å². The van der Waals surface area contributed by atoms with Crippen molar-refractivity contribution < 1.29 is 0 Å². The average Bonchev–Trinajstić information content (AvgIpc) is 2.73. The van der Waals surface area contributed by atoms with E-state index in [1.165, 1.54) is 3.57 Å². The van der Waals surface area contributed by atoms with Gasteiger partial charge in [0.15, 0.2) is 0 Å². The molecule has 0 spiro atoms. The summed E-state index contributed by atoms with van der Waals surface area (Å²) in [6.07, 6.45) is 1.91. The van der Waals surface area contributed by atoms with E-state index in [0.29, 0.717) is 6.04 Å². The first-order valence-corrected chi connectivity index (χ1v) is 6.69. The van der Waals surface area contributed by atoms with Crippen molar-refractivity contribution in [2.24, 2.45) is 9.98 Å². The first-order chi connectivity index (χ1) is 8.29. The van der Waals surface area contributed by atoms with Gasteiger partial charge in [-0.25, -0.2) is 4.99 Å². The number of amidine groups is 1. The summed E-state index contributed by atoms with van der Waals surface area (Å²) >= 11 is 2.32. The van der Waals surface area contributed by atoms with Crippen molar-refractivity contribution in [2.45, 2.75) is 6.04 Å². The molecule has 2 heterocycles. The van der Waals surface area contributed by atoms with Gasteiger partial charge < -0.3 is 10.2 Å². The second-order valence-corrected chi connectivity index (χ2v) is 5.43. The highest BCUT2D eigenvalue weighted by Gasteiger charge is 2.30. The summed E-state index contributed by atoms with van der Waals surface area (Å²) in [5, 5.41) is 3.20. The fourth-order valence-corrected chi connectivity index (χ4v) is 2.72. The monoisotopic (exact) mass is 340 g/mol. The zero-order chi connectivity index (χ0) is 11.8. The van der Waals surface area contributed by atoms with Crippen LogP contribution in [0.25, 0.3) is 0 Å². The minimum atomic E-state index is 0.393. The highest BCUT2D eigenvalue weighted by atomic mass is 127. The van der Waals surface area contributed by atoms with E-state index in [0.717, 1.165) is 30.2 Å². The normalized spacial score (nSPS) is 21.2. The fraction of sp³-hybridized carbons (Fsp3) is 0.333. The summed E-state index contributed by atoms with van der Waals surface area (Å²) < 4.78 is 1.22. The summed E-state index contributed by atoms with van der Waals surface area (Å²) in [4.78, 5) is 11.3. The van der Waals surface area contributed by atoms with Crippen molar-refractivity contribution in [1.82, 2.24) is 10.2 Å². The van der Waals surface area contributed by atoms with Gasteiger partial charge in [0.1, 0.15) is 5.84 Å². The van der Waals surface area contributed by atoms with Crippen LogP contribution >= 0.6 is 22.6 Å². The van der Waals surface area contributed by atoms with Crippen molar-refractivity contribution in [2.75, 3.05) is 20.1 Å². The number of aliphatic imine (C=N–C) groups is 2. The van der Waals surface area contributed by atoms with E-state index in [1.807, 2.05) is 13.4 Å². The number of hydrogen-bond acceptors (Lipinski definition) is 4. The quantitative estimate of drug-likeness (QED) is 0.831. The third-order valence-electron chi connectivity index (χ3n) is 3.05. The molecule has 1 atom stereocenters. The number of nitrogens with zero attached hydrogens (tertiary/aromatic N) is 3. The Balaban J connectivity index is 2.00. The second kappa shape index (κ2) is 4.38. The molecule has 88 valence electrons. The molecule has 5 heteroatoms. The third-order valence-corrected chi connectivity index (χ3v) is 3.72. The highest BCUT2D eigenvalue weighted by molar-refractivity contribution is 14.1. The Morgan fingerprint density at radius 2 is 2.41 bits per heavy atom. The van der Waals surface area contributed by atoms with E-state index in [2.05, 4.69) is 61.0 Å². The summed E-state index contributed by atoms with van der Waals surface area (Å²) in [6, 6.07) is 6.68. The minimum Gasteiger partial charge on any atom is -0.318 e. The van der Waals surface area contributed by atoms with Gasteiger partial charge in [0.2, 0.25) is 0 Å². The Morgan fingerprint density at radius 3 is 3.24 bits per heavy atom. The molecular weight excluding hydrogens is 327 g/mol. The van der Waals surface area contributed by atoms with Gasteiger partial charge in [-0.3, -0.25) is 4.99 Å². The number of halogens is 1. The first kappa shape index (κ1) is 11.2. The molecule has 0 radical (unpaired) electrons. The predicted molar refractivity (Wildman–Crippen MR) is 78.3 cm³/mol. The molecule has 1 aromatic rings. The van der Waals surface area contributed by atoms with E-state index >= 15 is 0 Å². The van der Waals surface area contributed by atoms with E-state index in [9.17, 15) is 0 Å². The summed E-state index contributed by atoms with van der Waals surface area (Å²) in [5.41, 5.74) is 2.17.